The van der Waals surface area contributed by atoms with Gasteiger partial charge >= 0.3 is 0 Å². The highest BCUT2D eigenvalue weighted by Crippen LogP contribution is 2.16. The lowest BCUT2D eigenvalue weighted by Gasteiger charge is -2.33. The third kappa shape index (κ3) is 8.90. The van der Waals surface area contributed by atoms with Gasteiger partial charge in [0.25, 0.3) is 0 Å². The maximum atomic E-state index is 8.84. The number of unbranched alkanes of at least 4 members (excludes halogenated alkanes) is 4. The number of rotatable bonds is 12. The second kappa shape index (κ2) is 10.8. The van der Waals surface area contributed by atoms with Crippen molar-refractivity contribution in [1.29, 1.82) is 0 Å². The molecule has 0 aromatic rings. The molecule has 0 aliphatic carbocycles. The third-order valence-corrected chi connectivity index (χ3v) is 3.67. The van der Waals surface area contributed by atoms with Crippen molar-refractivity contribution in [2.45, 2.75) is 83.7 Å². The Morgan fingerprint density at radius 3 is 2.39 bits per heavy atom. The van der Waals surface area contributed by atoms with Crippen LogP contribution in [0.5, 0.6) is 0 Å². The first kappa shape index (κ1) is 17.9. The molecule has 18 heavy (non-hydrogen) atoms. The van der Waals surface area contributed by atoms with E-state index in [9.17, 15) is 0 Å². The zero-order valence-electron chi connectivity index (χ0n) is 12.7. The fourth-order valence-electron chi connectivity index (χ4n) is 2.42. The summed E-state index contributed by atoms with van der Waals surface area (Å²) in [5.74, 6) is 0. The summed E-state index contributed by atoms with van der Waals surface area (Å²) in [4.78, 5) is 0. The summed E-state index contributed by atoms with van der Waals surface area (Å²) in [5.41, 5.74) is 5.97. The Balaban J connectivity index is 3.86. The maximum Gasteiger partial charge on any atom is 0.0431 e. The van der Waals surface area contributed by atoms with Gasteiger partial charge in [0, 0.05) is 24.7 Å². The summed E-state index contributed by atoms with van der Waals surface area (Å²) >= 11 is 0. The van der Waals surface area contributed by atoms with Gasteiger partial charge in [-0.2, -0.15) is 0 Å². The highest BCUT2D eigenvalue weighted by atomic mass is 16.2. The molecule has 0 spiro atoms. The van der Waals surface area contributed by atoms with Crippen molar-refractivity contribution in [3.05, 3.63) is 0 Å². The average Bonchev–Trinajstić information content (AvgIpc) is 2.36. The van der Waals surface area contributed by atoms with E-state index in [0.717, 1.165) is 19.3 Å². The molecule has 4 N–H and O–H groups in total. The SMILES string of the molecule is CCCCCCCC(C)(CN)NC(C)CCCO. The maximum absolute atomic E-state index is 8.84. The van der Waals surface area contributed by atoms with Crippen molar-refractivity contribution in [3.63, 3.8) is 0 Å². The summed E-state index contributed by atoms with van der Waals surface area (Å²) in [6.45, 7) is 7.62. The minimum atomic E-state index is 0.0566. The van der Waals surface area contributed by atoms with Crippen molar-refractivity contribution in [2.24, 2.45) is 5.73 Å². The normalized spacial score (nSPS) is 16.5. The van der Waals surface area contributed by atoms with E-state index in [2.05, 4.69) is 26.1 Å². The van der Waals surface area contributed by atoms with Crippen LogP contribution in [-0.2, 0) is 0 Å². The van der Waals surface area contributed by atoms with Gasteiger partial charge in [-0.3, -0.25) is 0 Å². The van der Waals surface area contributed by atoms with E-state index < -0.39 is 0 Å². The number of aliphatic hydroxyl groups excluding tert-OH is 1. The lowest BCUT2D eigenvalue weighted by Crippen LogP contribution is -2.52. The van der Waals surface area contributed by atoms with Crippen molar-refractivity contribution in [2.75, 3.05) is 13.2 Å². The molecule has 0 heterocycles. The molecule has 0 aromatic carbocycles. The van der Waals surface area contributed by atoms with E-state index in [1.54, 1.807) is 0 Å². The number of nitrogens with one attached hydrogen (secondary N) is 1. The molecule has 0 aliphatic rings. The standard InChI is InChI=1S/C15H34N2O/c1-4-5-6-7-8-11-15(3,13-16)17-14(2)10-9-12-18/h14,17-18H,4-13,16H2,1-3H3. The Hall–Kier alpha value is -0.120. The largest absolute Gasteiger partial charge is 0.396 e. The van der Waals surface area contributed by atoms with Crippen molar-refractivity contribution >= 4 is 0 Å². The van der Waals surface area contributed by atoms with Crippen LogP contribution in [-0.4, -0.2) is 29.8 Å². The zero-order valence-corrected chi connectivity index (χ0v) is 12.7. The average molecular weight is 258 g/mol. The van der Waals surface area contributed by atoms with Gasteiger partial charge in [-0.05, 0) is 33.1 Å². The number of nitrogens with two attached hydrogens (primary N) is 1. The second-order valence-electron chi connectivity index (χ2n) is 5.84. The van der Waals surface area contributed by atoms with Crippen molar-refractivity contribution < 1.29 is 5.11 Å². The molecular formula is C15H34N2O. The molecule has 0 aliphatic heterocycles. The summed E-state index contributed by atoms with van der Waals surface area (Å²) in [6, 6.07) is 0.432. The molecule has 0 amide bonds. The summed E-state index contributed by atoms with van der Waals surface area (Å²) in [6.07, 6.45) is 9.59. The molecule has 0 rings (SSSR count). The Labute approximate surface area is 114 Å². The van der Waals surface area contributed by atoms with Crippen LogP contribution >= 0.6 is 0 Å². The molecule has 0 saturated heterocycles. The first-order valence-electron chi connectivity index (χ1n) is 7.66. The predicted octanol–water partition coefficient (Wildman–Crippen LogP) is 2.81. The van der Waals surface area contributed by atoms with Crippen LogP contribution in [0.15, 0.2) is 0 Å². The van der Waals surface area contributed by atoms with Gasteiger partial charge in [-0.1, -0.05) is 39.0 Å². The molecule has 0 saturated carbocycles. The summed E-state index contributed by atoms with van der Waals surface area (Å²) in [5, 5.41) is 12.5. The van der Waals surface area contributed by atoms with Crippen LogP contribution in [0, 0.1) is 0 Å². The smallest absolute Gasteiger partial charge is 0.0431 e. The van der Waals surface area contributed by atoms with E-state index in [0.29, 0.717) is 12.6 Å². The lowest BCUT2D eigenvalue weighted by molar-refractivity contribution is 0.252. The fraction of sp³-hybridized carbons (Fsp3) is 1.00. The lowest BCUT2D eigenvalue weighted by atomic mass is 9.92. The molecule has 2 atom stereocenters. The monoisotopic (exact) mass is 258 g/mol. The van der Waals surface area contributed by atoms with Gasteiger partial charge in [0.15, 0.2) is 0 Å². The van der Waals surface area contributed by atoms with E-state index in [-0.39, 0.29) is 12.1 Å². The highest BCUT2D eigenvalue weighted by molar-refractivity contribution is 4.86. The van der Waals surface area contributed by atoms with Crippen LogP contribution in [0.2, 0.25) is 0 Å². The minimum Gasteiger partial charge on any atom is -0.396 e. The predicted molar refractivity (Wildman–Crippen MR) is 79.8 cm³/mol. The topological polar surface area (TPSA) is 58.3 Å². The van der Waals surface area contributed by atoms with Crippen molar-refractivity contribution in [1.82, 2.24) is 5.32 Å². The molecule has 0 aromatic heterocycles. The van der Waals surface area contributed by atoms with E-state index in [1.807, 2.05) is 0 Å². The number of aliphatic hydroxyl groups is 1. The fourth-order valence-corrected chi connectivity index (χ4v) is 2.42. The summed E-state index contributed by atoms with van der Waals surface area (Å²) < 4.78 is 0. The molecule has 0 bridgehead atoms. The van der Waals surface area contributed by atoms with Gasteiger partial charge in [-0.15, -0.1) is 0 Å². The van der Waals surface area contributed by atoms with Gasteiger partial charge in [-0.25, -0.2) is 0 Å². The van der Waals surface area contributed by atoms with Crippen molar-refractivity contribution in [3.8, 4) is 0 Å². The molecular weight excluding hydrogens is 224 g/mol. The third-order valence-electron chi connectivity index (χ3n) is 3.67. The molecule has 0 fully saturated rings. The molecule has 110 valence electrons. The Morgan fingerprint density at radius 2 is 1.83 bits per heavy atom. The molecule has 0 radical (unpaired) electrons. The van der Waals surface area contributed by atoms with Crippen LogP contribution in [0.3, 0.4) is 0 Å². The first-order chi connectivity index (χ1) is 8.58. The van der Waals surface area contributed by atoms with Crippen LogP contribution < -0.4 is 11.1 Å². The molecule has 3 heteroatoms. The number of hydrogen-bond donors (Lipinski definition) is 3. The second-order valence-corrected chi connectivity index (χ2v) is 5.84. The van der Waals surface area contributed by atoms with Crippen LogP contribution in [0.4, 0.5) is 0 Å². The molecule has 3 nitrogen and oxygen atoms in total. The molecule has 2 unspecified atom stereocenters. The van der Waals surface area contributed by atoms with E-state index in [1.165, 1.54) is 32.1 Å². The van der Waals surface area contributed by atoms with Crippen LogP contribution in [0.25, 0.3) is 0 Å². The van der Waals surface area contributed by atoms with Crippen LogP contribution in [0.1, 0.15) is 72.1 Å². The van der Waals surface area contributed by atoms with Gasteiger partial charge in [0.2, 0.25) is 0 Å². The Kier molecular flexibility index (Phi) is 10.7. The zero-order chi connectivity index (χ0) is 13.9. The van der Waals surface area contributed by atoms with Gasteiger partial charge in [0.05, 0.1) is 0 Å². The Bertz CT molecular complexity index is 187. The Morgan fingerprint density at radius 1 is 1.17 bits per heavy atom. The van der Waals surface area contributed by atoms with Gasteiger partial charge in [0.1, 0.15) is 0 Å². The van der Waals surface area contributed by atoms with Gasteiger partial charge < -0.3 is 16.2 Å². The minimum absolute atomic E-state index is 0.0566. The summed E-state index contributed by atoms with van der Waals surface area (Å²) in [7, 11) is 0. The highest BCUT2D eigenvalue weighted by Gasteiger charge is 2.23. The van der Waals surface area contributed by atoms with E-state index >= 15 is 0 Å². The van der Waals surface area contributed by atoms with E-state index in [4.69, 9.17) is 10.8 Å². The first-order valence-corrected chi connectivity index (χ1v) is 7.66. The quantitative estimate of drug-likeness (QED) is 0.472. The number of hydrogen-bond acceptors (Lipinski definition) is 3.